The molecule has 2 aromatic heterocycles. The third-order valence-corrected chi connectivity index (χ3v) is 4.91. The second-order valence-corrected chi connectivity index (χ2v) is 6.53. The van der Waals surface area contributed by atoms with Gasteiger partial charge in [0.2, 0.25) is 5.95 Å². The number of piperidine rings is 1. The molecule has 3 heterocycles. The maximum Gasteiger partial charge on any atom is 0.225 e. The van der Waals surface area contributed by atoms with Crippen LogP contribution in [0.15, 0.2) is 24.7 Å². The predicted molar refractivity (Wildman–Crippen MR) is 81.2 cm³/mol. The maximum absolute atomic E-state index is 5.48. The molecule has 2 fully saturated rings. The third-order valence-electron chi connectivity index (χ3n) is 4.91. The highest BCUT2D eigenvalue weighted by Crippen LogP contribution is 2.47. The zero-order chi connectivity index (χ0) is 14.3. The van der Waals surface area contributed by atoms with Gasteiger partial charge in [0, 0.05) is 49.6 Å². The highest BCUT2D eigenvalue weighted by molar-refractivity contribution is 5.77. The van der Waals surface area contributed by atoms with Crippen molar-refractivity contribution in [2.24, 2.45) is 11.3 Å². The van der Waals surface area contributed by atoms with Crippen LogP contribution >= 0.6 is 0 Å². The second-order valence-electron chi connectivity index (χ2n) is 6.53. The quantitative estimate of drug-likeness (QED) is 0.865. The summed E-state index contributed by atoms with van der Waals surface area (Å²) in [6.45, 7) is 2.92. The number of anilines is 1. The van der Waals surface area contributed by atoms with Gasteiger partial charge in [-0.1, -0.05) is 0 Å². The van der Waals surface area contributed by atoms with Crippen molar-refractivity contribution in [2.45, 2.75) is 19.3 Å². The number of aromatic nitrogens is 3. The monoisotopic (exact) mass is 284 g/mol. The average molecular weight is 284 g/mol. The summed E-state index contributed by atoms with van der Waals surface area (Å²) in [7, 11) is 1.81. The fourth-order valence-electron chi connectivity index (χ4n) is 4.06. The lowest BCUT2D eigenvalue weighted by Crippen LogP contribution is -2.45. The fraction of sp³-hybridized carbons (Fsp3) is 0.562. The van der Waals surface area contributed by atoms with Crippen LogP contribution in [0.5, 0.6) is 0 Å². The Bertz CT molecular complexity index is 658. The molecule has 4 rings (SSSR count). The first-order chi connectivity index (χ1) is 10.3. The van der Waals surface area contributed by atoms with Crippen molar-refractivity contribution in [3.05, 3.63) is 24.7 Å². The minimum atomic E-state index is 0.300. The average Bonchev–Trinajstić information content (AvgIpc) is 2.81. The minimum Gasteiger partial charge on any atom is -0.384 e. The van der Waals surface area contributed by atoms with E-state index < -0.39 is 0 Å². The summed E-state index contributed by atoms with van der Waals surface area (Å²) in [6, 6.07) is 1.95. The van der Waals surface area contributed by atoms with Crippen LogP contribution in [0.2, 0.25) is 0 Å². The molecule has 2 aromatic rings. The molecule has 2 aliphatic rings. The summed E-state index contributed by atoms with van der Waals surface area (Å²) in [4.78, 5) is 15.7. The van der Waals surface area contributed by atoms with Crippen molar-refractivity contribution in [1.29, 1.82) is 0 Å². The molecule has 110 valence electrons. The van der Waals surface area contributed by atoms with E-state index in [0.717, 1.165) is 42.5 Å². The summed E-state index contributed by atoms with van der Waals surface area (Å²) >= 11 is 0. The van der Waals surface area contributed by atoms with E-state index in [1.807, 2.05) is 18.5 Å². The molecule has 1 saturated heterocycles. The molecule has 1 aliphatic heterocycles. The largest absolute Gasteiger partial charge is 0.384 e. The summed E-state index contributed by atoms with van der Waals surface area (Å²) in [5.41, 5.74) is 1.27. The van der Waals surface area contributed by atoms with Gasteiger partial charge in [-0.3, -0.25) is 4.98 Å². The van der Waals surface area contributed by atoms with Crippen LogP contribution in [-0.4, -0.2) is 41.8 Å². The zero-order valence-corrected chi connectivity index (χ0v) is 12.3. The minimum absolute atomic E-state index is 0.300. The predicted octanol–water partition coefficient (Wildman–Crippen LogP) is 2.28. The molecule has 2 unspecified atom stereocenters. The molecular weight excluding hydrogens is 264 g/mol. The second kappa shape index (κ2) is 4.91. The van der Waals surface area contributed by atoms with E-state index in [2.05, 4.69) is 14.9 Å². The molecule has 2 bridgehead atoms. The van der Waals surface area contributed by atoms with Gasteiger partial charge in [-0.2, -0.15) is 0 Å². The van der Waals surface area contributed by atoms with Crippen molar-refractivity contribution in [3.8, 4) is 0 Å². The Morgan fingerprint density at radius 3 is 3.29 bits per heavy atom. The molecule has 5 nitrogen and oxygen atoms in total. The van der Waals surface area contributed by atoms with Gasteiger partial charge in [-0.25, -0.2) is 9.97 Å². The van der Waals surface area contributed by atoms with E-state index >= 15 is 0 Å². The van der Waals surface area contributed by atoms with Crippen molar-refractivity contribution < 1.29 is 4.74 Å². The highest BCUT2D eigenvalue weighted by atomic mass is 16.5. The van der Waals surface area contributed by atoms with Crippen molar-refractivity contribution in [2.75, 3.05) is 31.7 Å². The van der Waals surface area contributed by atoms with Gasteiger partial charge in [-0.15, -0.1) is 0 Å². The van der Waals surface area contributed by atoms with Crippen LogP contribution in [-0.2, 0) is 4.74 Å². The van der Waals surface area contributed by atoms with Crippen LogP contribution < -0.4 is 4.90 Å². The maximum atomic E-state index is 5.48. The Morgan fingerprint density at radius 2 is 2.38 bits per heavy atom. The summed E-state index contributed by atoms with van der Waals surface area (Å²) in [5.74, 6) is 1.60. The number of rotatable bonds is 3. The first-order valence-electron chi connectivity index (χ1n) is 7.59. The lowest BCUT2D eigenvalue weighted by atomic mass is 9.83. The lowest BCUT2D eigenvalue weighted by Gasteiger charge is -2.39. The van der Waals surface area contributed by atoms with Gasteiger partial charge in [0.05, 0.1) is 12.1 Å². The topological polar surface area (TPSA) is 51.1 Å². The van der Waals surface area contributed by atoms with Crippen molar-refractivity contribution in [1.82, 2.24) is 15.0 Å². The normalized spacial score (nSPS) is 28.2. The Kier molecular flexibility index (Phi) is 3.03. The first-order valence-corrected chi connectivity index (χ1v) is 7.59. The van der Waals surface area contributed by atoms with E-state index in [-0.39, 0.29) is 0 Å². The molecule has 0 spiro atoms. The Hall–Kier alpha value is -1.75. The third kappa shape index (κ3) is 2.25. The molecule has 0 radical (unpaired) electrons. The van der Waals surface area contributed by atoms with E-state index in [1.54, 1.807) is 13.3 Å². The van der Waals surface area contributed by atoms with Gasteiger partial charge in [0.1, 0.15) is 0 Å². The number of pyridine rings is 1. The highest BCUT2D eigenvalue weighted by Gasteiger charge is 2.45. The number of ether oxygens (including phenoxy) is 1. The molecule has 21 heavy (non-hydrogen) atoms. The van der Waals surface area contributed by atoms with E-state index in [1.165, 1.54) is 19.3 Å². The standard InChI is InChI=1S/C16H20N4O/c1-21-11-16-4-2-12(6-16)9-20(10-16)15-18-8-13-7-17-5-3-14(13)19-15/h3,5,7-8,12H,2,4,6,9-11H2,1H3. The molecule has 5 heteroatoms. The van der Waals surface area contributed by atoms with Gasteiger partial charge in [0.15, 0.2) is 0 Å². The Labute approximate surface area is 124 Å². The van der Waals surface area contributed by atoms with Crippen LogP contribution in [0.3, 0.4) is 0 Å². The number of hydrogen-bond donors (Lipinski definition) is 0. The van der Waals surface area contributed by atoms with Gasteiger partial charge >= 0.3 is 0 Å². The number of fused-ring (bicyclic) bond motifs is 3. The van der Waals surface area contributed by atoms with E-state index in [0.29, 0.717) is 5.41 Å². The molecular formula is C16H20N4O. The van der Waals surface area contributed by atoms with E-state index in [4.69, 9.17) is 9.72 Å². The van der Waals surface area contributed by atoms with Gasteiger partial charge in [0.25, 0.3) is 0 Å². The summed E-state index contributed by atoms with van der Waals surface area (Å²) in [6.07, 6.45) is 9.33. The van der Waals surface area contributed by atoms with Crippen LogP contribution in [0.25, 0.3) is 10.9 Å². The smallest absolute Gasteiger partial charge is 0.225 e. The fourth-order valence-corrected chi connectivity index (χ4v) is 4.06. The molecule has 0 N–H and O–H groups in total. The van der Waals surface area contributed by atoms with Crippen molar-refractivity contribution >= 4 is 16.9 Å². The lowest BCUT2D eigenvalue weighted by molar-refractivity contribution is 0.0772. The molecule has 1 aliphatic carbocycles. The Balaban J connectivity index is 1.65. The zero-order valence-electron chi connectivity index (χ0n) is 12.3. The van der Waals surface area contributed by atoms with Crippen LogP contribution in [0.1, 0.15) is 19.3 Å². The summed E-state index contributed by atoms with van der Waals surface area (Å²) in [5, 5.41) is 0.993. The molecule has 0 amide bonds. The van der Waals surface area contributed by atoms with Gasteiger partial charge < -0.3 is 9.64 Å². The van der Waals surface area contributed by atoms with Crippen LogP contribution in [0, 0.1) is 11.3 Å². The van der Waals surface area contributed by atoms with E-state index in [9.17, 15) is 0 Å². The summed E-state index contributed by atoms with van der Waals surface area (Å²) < 4.78 is 5.48. The first kappa shape index (κ1) is 13.0. The number of hydrogen-bond acceptors (Lipinski definition) is 5. The molecule has 2 atom stereocenters. The van der Waals surface area contributed by atoms with Crippen LogP contribution in [0.4, 0.5) is 5.95 Å². The molecule has 1 saturated carbocycles. The number of nitrogens with zero attached hydrogens (tertiary/aromatic N) is 4. The van der Waals surface area contributed by atoms with Crippen molar-refractivity contribution in [3.63, 3.8) is 0 Å². The van der Waals surface area contributed by atoms with Gasteiger partial charge in [-0.05, 0) is 31.2 Å². The molecule has 0 aromatic carbocycles. The number of methoxy groups -OCH3 is 1. The Morgan fingerprint density at radius 1 is 1.43 bits per heavy atom. The SMILES string of the molecule is COCC12CCC(CN(c3ncc4cnccc4n3)C1)C2.